The van der Waals surface area contributed by atoms with Gasteiger partial charge in [0.2, 0.25) is 0 Å². The third kappa shape index (κ3) is 2.42. The molecule has 2 aliphatic heterocycles. The summed E-state index contributed by atoms with van der Waals surface area (Å²) in [5, 5.41) is 0. The van der Waals surface area contributed by atoms with Gasteiger partial charge in [0.15, 0.2) is 0 Å². The lowest BCUT2D eigenvalue weighted by Gasteiger charge is -2.34. The van der Waals surface area contributed by atoms with Crippen LogP contribution >= 0.6 is 15.9 Å². The number of halogens is 1. The van der Waals surface area contributed by atoms with Crippen molar-refractivity contribution in [3.63, 3.8) is 0 Å². The molecule has 0 radical (unpaired) electrons. The van der Waals surface area contributed by atoms with E-state index >= 15 is 0 Å². The minimum atomic E-state index is 0.436. The highest BCUT2D eigenvalue weighted by molar-refractivity contribution is 9.10. The Morgan fingerprint density at radius 1 is 1.28 bits per heavy atom. The molecule has 0 amide bonds. The molecule has 2 heterocycles. The van der Waals surface area contributed by atoms with Crippen LogP contribution in [-0.2, 0) is 11.2 Å². The van der Waals surface area contributed by atoms with Crippen LogP contribution in [0.25, 0.3) is 0 Å². The first-order chi connectivity index (χ1) is 8.76. The van der Waals surface area contributed by atoms with Crippen molar-refractivity contribution in [3.05, 3.63) is 28.2 Å². The highest BCUT2D eigenvalue weighted by atomic mass is 79.9. The lowest BCUT2D eigenvalue weighted by molar-refractivity contribution is 0.0305. The van der Waals surface area contributed by atoms with Gasteiger partial charge in [-0.15, -0.1) is 0 Å². The largest absolute Gasteiger partial charge is 0.371 e. The summed E-state index contributed by atoms with van der Waals surface area (Å²) >= 11 is 3.65. The number of hydrogen-bond donors (Lipinski definition) is 1. The molecule has 2 atom stereocenters. The van der Waals surface area contributed by atoms with Crippen LogP contribution in [0.4, 0.5) is 5.69 Å². The van der Waals surface area contributed by atoms with Gasteiger partial charge in [0.1, 0.15) is 0 Å². The SMILES string of the molecule is NCCc1ccc(N2CC3CCC(C2)O3)cc1Br. The summed E-state index contributed by atoms with van der Waals surface area (Å²) < 4.78 is 7.04. The zero-order valence-corrected chi connectivity index (χ0v) is 12.0. The van der Waals surface area contributed by atoms with E-state index < -0.39 is 0 Å². The number of benzene rings is 1. The summed E-state index contributed by atoms with van der Waals surface area (Å²) in [5.74, 6) is 0. The van der Waals surface area contributed by atoms with Crippen LogP contribution in [0, 0.1) is 0 Å². The van der Waals surface area contributed by atoms with E-state index in [4.69, 9.17) is 10.5 Å². The molecule has 2 bridgehead atoms. The van der Waals surface area contributed by atoms with Crippen molar-refractivity contribution in [3.8, 4) is 0 Å². The van der Waals surface area contributed by atoms with Gasteiger partial charge in [0.05, 0.1) is 12.2 Å². The summed E-state index contributed by atoms with van der Waals surface area (Å²) in [6.45, 7) is 2.75. The number of morpholine rings is 1. The van der Waals surface area contributed by atoms with Crippen LogP contribution in [0.15, 0.2) is 22.7 Å². The van der Waals surface area contributed by atoms with Crippen LogP contribution in [-0.4, -0.2) is 31.8 Å². The van der Waals surface area contributed by atoms with Gasteiger partial charge in [-0.2, -0.15) is 0 Å². The fraction of sp³-hybridized carbons (Fsp3) is 0.571. The molecule has 1 aromatic rings. The summed E-state index contributed by atoms with van der Waals surface area (Å²) in [6.07, 6.45) is 4.23. The molecule has 2 fully saturated rings. The Balaban J connectivity index is 1.78. The maximum atomic E-state index is 5.87. The van der Waals surface area contributed by atoms with Crippen LogP contribution in [0.1, 0.15) is 18.4 Å². The predicted molar refractivity (Wildman–Crippen MR) is 77.0 cm³/mol. The summed E-state index contributed by atoms with van der Waals surface area (Å²) in [5.41, 5.74) is 8.19. The Morgan fingerprint density at radius 2 is 2.00 bits per heavy atom. The topological polar surface area (TPSA) is 38.5 Å². The normalized spacial score (nSPS) is 26.7. The molecule has 3 rings (SSSR count). The molecule has 0 aliphatic carbocycles. The lowest BCUT2D eigenvalue weighted by atomic mass is 10.1. The molecule has 0 aromatic heterocycles. The van der Waals surface area contributed by atoms with E-state index in [1.807, 2.05) is 0 Å². The van der Waals surface area contributed by atoms with E-state index in [1.54, 1.807) is 0 Å². The number of hydrogen-bond acceptors (Lipinski definition) is 3. The molecule has 3 nitrogen and oxygen atoms in total. The van der Waals surface area contributed by atoms with Gasteiger partial charge in [-0.1, -0.05) is 22.0 Å². The minimum absolute atomic E-state index is 0.436. The number of nitrogens with zero attached hydrogens (tertiary/aromatic N) is 1. The van der Waals surface area contributed by atoms with Crippen molar-refractivity contribution in [2.75, 3.05) is 24.5 Å². The molecule has 2 N–H and O–H groups in total. The van der Waals surface area contributed by atoms with Gasteiger partial charge < -0.3 is 15.4 Å². The first-order valence-electron chi connectivity index (χ1n) is 6.65. The highest BCUT2D eigenvalue weighted by Gasteiger charge is 2.33. The van der Waals surface area contributed by atoms with Gasteiger partial charge in [0, 0.05) is 23.2 Å². The van der Waals surface area contributed by atoms with Crippen LogP contribution in [0.5, 0.6) is 0 Å². The molecule has 2 saturated heterocycles. The van der Waals surface area contributed by atoms with E-state index in [-0.39, 0.29) is 0 Å². The van der Waals surface area contributed by atoms with Gasteiger partial charge in [-0.25, -0.2) is 0 Å². The molecule has 0 spiro atoms. The van der Waals surface area contributed by atoms with E-state index in [2.05, 4.69) is 39.0 Å². The number of anilines is 1. The molecule has 98 valence electrons. The van der Waals surface area contributed by atoms with Crippen molar-refractivity contribution in [1.29, 1.82) is 0 Å². The molecule has 2 unspecified atom stereocenters. The average molecular weight is 311 g/mol. The maximum Gasteiger partial charge on any atom is 0.0755 e. The highest BCUT2D eigenvalue weighted by Crippen LogP contribution is 2.31. The smallest absolute Gasteiger partial charge is 0.0755 e. The van der Waals surface area contributed by atoms with Gasteiger partial charge in [-0.05, 0) is 43.5 Å². The van der Waals surface area contributed by atoms with Gasteiger partial charge in [0.25, 0.3) is 0 Å². The van der Waals surface area contributed by atoms with Crippen LogP contribution in [0.2, 0.25) is 0 Å². The Bertz CT molecular complexity index is 426. The van der Waals surface area contributed by atoms with Crippen molar-refractivity contribution < 1.29 is 4.74 Å². The van der Waals surface area contributed by atoms with Crippen molar-refractivity contribution in [2.24, 2.45) is 5.73 Å². The summed E-state index contributed by atoms with van der Waals surface area (Å²) in [6, 6.07) is 6.61. The van der Waals surface area contributed by atoms with E-state index in [9.17, 15) is 0 Å². The second-order valence-corrected chi connectivity index (χ2v) is 6.03. The molecule has 1 aromatic carbocycles. The Hall–Kier alpha value is -0.580. The summed E-state index contributed by atoms with van der Waals surface area (Å²) in [4.78, 5) is 2.45. The zero-order chi connectivity index (χ0) is 12.5. The number of rotatable bonds is 3. The minimum Gasteiger partial charge on any atom is -0.371 e. The van der Waals surface area contributed by atoms with E-state index in [0.717, 1.165) is 19.5 Å². The maximum absolute atomic E-state index is 5.87. The fourth-order valence-electron chi connectivity index (χ4n) is 2.92. The summed E-state index contributed by atoms with van der Waals surface area (Å²) in [7, 11) is 0. The molecule has 18 heavy (non-hydrogen) atoms. The molecule has 2 aliphatic rings. The van der Waals surface area contributed by atoms with Gasteiger partial charge in [-0.3, -0.25) is 0 Å². The molecular formula is C14H19BrN2O. The second kappa shape index (κ2) is 5.19. The Kier molecular flexibility index (Phi) is 3.59. The first kappa shape index (κ1) is 12.5. The van der Waals surface area contributed by atoms with Gasteiger partial charge >= 0.3 is 0 Å². The zero-order valence-electron chi connectivity index (χ0n) is 10.4. The monoisotopic (exact) mass is 310 g/mol. The third-order valence-corrected chi connectivity index (χ3v) is 4.60. The molecule has 4 heteroatoms. The molecular weight excluding hydrogens is 292 g/mol. The Morgan fingerprint density at radius 3 is 2.61 bits per heavy atom. The average Bonchev–Trinajstić information content (AvgIpc) is 2.71. The number of nitrogens with two attached hydrogens (primary N) is 1. The number of fused-ring (bicyclic) bond motifs is 2. The second-order valence-electron chi connectivity index (χ2n) is 5.18. The van der Waals surface area contributed by atoms with Crippen molar-refractivity contribution in [2.45, 2.75) is 31.5 Å². The van der Waals surface area contributed by atoms with Crippen LogP contribution in [0.3, 0.4) is 0 Å². The predicted octanol–water partition coefficient (Wildman–Crippen LogP) is 2.32. The van der Waals surface area contributed by atoms with Crippen molar-refractivity contribution >= 4 is 21.6 Å². The molecule has 0 saturated carbocycles. The van der Waals surface area contributed by atoms with Crippen molar-refractivity contribution in [1.82, 2.24) is 0 Å². The fourth-order valence-corrected chi connectivity index (χ4v) is 3.48. The van der Waals surface area contributed by atoms with Crippen LogP contribution < -0.4 is 10.6 Å². The quantitative estimate of drug-likeness (QED) is 0.931. The number of ether oxygens (including phenoxy) is 1. The third-order valence-electron chi connectivity index (χ3n) is 3.86. The first-order valence-corrected chi connectivity index (χ1v) is 7.44. The lowest BCUT2D eigenvalue weighted by Crippen LogP contribution is -2.42. The van der Waals surface area contributed by atoms with E-state index in [0.29, 0.717) is 18.8 Å². The Labute approximate surface area is 116 Å². The standard InChI is InChI=1S/C14H19BrN2O/c15-14-7-11(2-1-10(14)5-6-16)17-8-12-3-4-13(9-17)18-12/h1-2,7,12-13H,3-6,8-9,16H2. The van der Waals surface area contributed by atoms with E-state index in [1.165, 1.54) is 28.6 Å².